The summed E-state index contributed by atoms with van der Waals surface area (Å²) in [5.41, 5.74) is 7.21. The highest BCUT2D eigenvalue weighted by Crippen LogP contribution is 2.14. The van der Waals surface area contributed by atoms with E-state index in [1.807, 2.05) is 0 Å². The van der Waals surface area contributed by atoms with Gasteiger partial charge in [0.25, 0.3) is 0 Å². The number of aromatic nitrogens is 1. The van der Waals surface area contributed by atoms with E-state index in [2.05, 4.69) is 4.98 Å². The lowest BCUT2D eigenvalue weighted by molar-refractivity contribution is 0.180. The van der Waals surface area contributed by atoms with Crippen molar-refractivity contribution in [1.29, 1.82) is 0 Å². The minimum atomic E-state index is -0.481. The fourth-order valence-electron chi connectivity index (χ4n) is 1.20. The van der Waals surface area contributed by atoms with Crippen LogP contribution in [0.2, 0.25) is 0 Å². The maximum absolute atomic E-state index is 12.6. The molecule has 2 N–H and O–H groups in total. The summed E-state index contributed by atoms with van der Waals surface area (Å²) in [7, 11) is 1.58. The number of nitrogens with zero attached hydrogens (tertiary/aromatic N) is 1. The Kier molecular flexibility index (Phi) is 3.33. The molecule has 1 rings (SSSR count). The lowest BCUT2D eigenvalue weighted by atomic mass is 10.1. The van der Waals surface area contributed by atoms with E-state index in [1.165, 1.54) is 6.07 Å². The van der Waals surface area contributed by atoms with E-state index in [1.54, 1.807) is 20.1 Å². The molecule has 72 valence electrons. The molecule has 13 heavy (non-hydrogen) atoms. The van der Waals surface area contributed by atoms with E-state index < -0.39 is 5.95 Å². The minimum Gasteiger partial charge on any atom is -0.383 e. The number of pyridine rings is 1. The highest BCUT2D eigenvalue weighted by Gasteiger charge is 2.09. The summed E-state index contributed by atoms with van der Waals surface area (Å²) in [6.07, 6.45) is 0. The first-order valence-corrected chi connectivity index (χ1v) is 4.02. The predicted octanol–water partition coefficient (Wildman–Crippen LogP) is 1.18. The highest BCUT2D eigenvalue weighted by atomic mass is 19.1. The van der Waals surface area contributed by atoms with E-state index in [4.69, 9.17) is 10.5 Å². The third-order valence-corrected chi connectivity index (χ3v) is 1.84. The van der Waals surface area contributed by atoms with Crippen molar-refractivity contribution in [3.63, 3.8) is 0 Å². The SMILES string of the molecule is COC[C@@H](N)c1ccc(F)nc1C. The van der Waals surface area contributed by atoms with Crippen molar-refractivity contribution in [2.45, 2.75) is 13.0 Å². The van der Waals surface area contributed by atoms with Gasteiger partial charge in [-0.25, -0.2) is 4.98 Å². The van der Waals surface area contributed by atoms with Crippen molar-refractivity contribution >= 4 is 0 Å². The maximum Gasteiger partial charge on any atom is 0.213 e. The van der Waals surface area contributed by atoms with Crippen molar-refractivity contribution in [2.75, 3.05) is 13.7 Å². The van der Waals surface area contributed by atoms with Gasteiger partial charge in [0.1, 0.15) is 0 Å². The molecular formula is C9H13FN2O. The van der Waals surface area contributed by atoms with Crippen LogP contribution in [0.3, 0.4) is 0 Å². The third kappa shape index (κ3) is 2.47. The minimum absolute atomic E-state index is 0.238. The Bertz CT molecular complexity index is 291. The van der Waals surface area contributed by atoms with Gasteiger partial charge in [-0.05, 0) is 18.6 Å². The molecule has 1 aromatic heterocycles. The lowest BCUT2D eigenvalue weighted by Crippen LogP contribution is -2.17. The quantitative estimate of drug-likeness (QED) is 0.717. The molecule has 0 unspecified atom stereocenters. The van der Waals surface area contributed by atoms with Gasteiger partial charge >= 0.3 is 0 Å². The molecule has 1 atom stereocenters. The second-order valence-electron chi connectivity index (χ2n) is 2.87. The summed E-state index contributed by atoms with van der Waals surface area (Å²) < 4.78 is 17.5. The molecule has 0 saturated heterocycles. The number of ether oxygens (including phenoxy) is 1. The van der Waals surface area contributed by atoms with E-state index in [-0.39, 0.29) is 6.04 Å². The van der Waals surface area contributed by atoms with Crippen LogP contribution in [0.25, 0.3) is 0 Å². The van der Waals surface area contributed by atoms with Crippen LogP contribution in [0, 0.1) is 12.9 Å². The molecular weight excluding hydrogens is 171 g/mol. The van der Waals surface area contributed by atoms with Gasteiger partial charge in [0, 0.05) is 12.8 Å². The van der Waals surface area contributed by atoms with Crippen molar-refractivity contribution in [3.05, 3.63) is 29.3 Å². The van der Waals surface area contributed by atoms with Gasteiger partial charge in [-0.1, -0.05) is 6.07 Å². The molecule has 0 aliphatic carbocycles. The zero-order valence-electron chi connectivity index (χ0n) is 7.75. The summed E-state index contributed by atoms with van der Waals surface area (Å²) in [6.45, 7) is 2.14. The molecule has 0 fully saturated rings. The zero-order chi connectivity index (χ0) is 9.84. The number of hydrogen-bond donors (Lipinski definition) is 1. The molecule has 0 aliphatic heterocycles. The average Bonchev–Trinajstić information content (AvgIpc) is 2.04. The number of nitrogens with two attached hydrogens (primary N) is 1. The fraction of sp³-hybridized carbons (Fsp3) is 0.444. The van der Waals surface area contributed by atoms with Crippen LogP contribution in [0.5, 0.6) is 0 Å². The van der Waals surface area contributed by atoms with Gasteiger partial charge in [-0.2, -0.15) is 4.39 Å². The number of halogens is 1. The monoisotopic (exact) mass is 184 g/mol. The molecule has 1 heterocycles. The molecule has 0 amide bonds. The second kappa shape index (κ2) is 4.30. The Morgan fingerprint density at radius 1 is 1.62 bits per heavy atom. The normalized spacial score (nSPS) is 12.9. The van der Waals surface area contributed by atoms with Crippen LogP contribution in [0.4, 0.5) is 4.39 Å². The zero-order valence-corrected chi connectivity index (χ0v) is 7.75. The summed E-state index contributed by atoms with van der Waals surface area (Å²) >= 11 is 0. The lowest BCUT2D eigenvalue weighted by Gasteiger charge is -2.12. The molecule has 1 aromatic rings. The molecule has 0 spiro atoms. The largest absolute Gasteiger partial charge is 0.383 e. The maximum atomic E-state index is 12.6. The van der Waals surface area contributed by atoms with Crippen molar-refractivity contribution in [1.82, 2.24) is 4.98 Å². The van der Waals surface area contributed by atoms with Crippen molar-refractivity contribution in [3.8, 4) is 0 Å². The Morgan fingerprint density at radius 2 is 2.31 bits per heavy atom. The summed E-state index contributed by atoms with van der Waals surface area (Å²) in [6, 6.07) is 2.71. The summed E-state index contributed by atoms with van der Waals surface area (Å²) in [5.74, 6) is -0.481. The number of hydrogen-bond acceptors (Lipinski definition) is 3. The van der Waals surface area contributed by atoms with Crippen molar-refractivity contribution < 1.29 is 9.13 Å². The van der Waals surface area contributed by atoms with Crippen molar-refractivity contribution in [2.24, 2.45) is 5.73 Å². The Morgan fingerprint density at radius 3 is 2.85 bits per heavy atom. The number of aryl methyl sites for hydroxylation is 1. The predicted molar refractivity (Wildman–Crippen MR) is 47.7 cm³/mol. The smallest absolute Gasteiger partial charge is 0.213 e. The molecule has 3 nitrogen and oxygen atoms in total. The van der Waals surface area contributed by atoms with Crippen LogP contribution in [0.15, 0.2) is 12.1 Å². The summed E-state index contributed by atoms with van der Waals surface area (Å²) in [4.78, 5) is 3.67. The van der Waals surface area contributed by atoms with E-state index in [0.29, 0.717) is 12.3 Å². The van der Waals surface area contributed by atoms with Crippen LogP contribution in [0.1, 0.15) is 17.3 Å². The van der Waals surface area contributed by atoms with E-state index >= 15 is 0 Å². The molecule has 4 heteroatoms. The molecule has 0 aromatic carbocycles. The van der Waals surface area contributed by atoms with Gasteiger partial charge in [-0.3, -0.25) is 0 Å². The third-order valence-electron chi connectivity index (χ3n) is 1.84. The molecule has 0 bridgehead atoms. The summed E-state index contributed by atoms with van der Waals surface area (Å²) in [5, 5.41) is 0. The Balaban J connectivity index is 2.88. The Labute approximate surface area is 76.7 Å². The second-order valence-corrected chi connectivity index (χ2v) is 2.87. The first kappa shape index (κ1) is 10.1. The van der Waals surface area contributed by atoms with Crippen LogP contribution in [-0.2, 0) is 4.74 Å². The van der Waals surface area contributed by atoms with Gasteiger partial charge in [0.05, 0.1) is 12.6 Å². The Hall–Kier alpha value is -1.00. The molecule has 0 radical (unpaired) electrons. The van der Waals surface area contributed by atoms with Crippen LogP contribution in [-0.4, -0.2) is 18.7 Å². The first-order chi connectivity index (χ1) is 6.15. The van der Waals surface area contributed by atoms with Gasteiger partial charge < -0.3 is 10.5 Å². The number of rotatable bonds is 3. The van der Waals surface area contributed by atoms with Gasteiger partial charge in [-0.15, -0.1) is 0 Å². The van der Waals surface area contributed by atoms with Crippen LogP contribution >= 0.6 is 0 Å². The van der Waals surface area contributed by atoms with Gasteiger partial charge in [0.2, 0.25) is 5.95 Å². The number of methoxy groups -OCH3 is 1. The topological polar surface area (TPSA) is 48.1 Å². The standard InChI is InChI=1S/C9H13FN2O/c1-6-7(8(11)5-13-2)3-4-9(10)12-6/h3-4,8H,5,11H2,1-2H3/t8-/m1/s1. The molecule has 0 saturated carbocycles. The highest BCUT2D eigenvalue weighted by molar-refractivity contribution is 5.22. The fourth-order valence-corrected chi connectivity index (χ4v) is 1.20. The molecule has 0 aliphatic rings. The van der Waals surface area contributed by atoms with E-state index in [0.717, 1.165) is 5.56 Å². The van der Waals surface area contributed by atoms with E-state index in [9.17, 15) is 4.39 Å². The average molecular weight is 184 g/mol. The first-order valence-electron chi connectivity index (χ1n) is 4.02. The van der Waals surface area contributed by atoms with Gasteiger partial charge in [0.15, 0.2) is 0 Å². The van der Waals surface area contributed by atoms with Crippen LogP contribution < -0.4 is 5.73 Å².